The van der Waals surface area contributed by atoms with Crippen LogP contribution >= 0.6 is 11.8 Å². The minimum absolute atomic E-state index is 0.0684. The fourth-order valence-electron chi connectivity index (χ4n) is 4.29. The largest absolute Gasteiger partial charge is 0.463 e. The van der Waals surface area contributed by atoms with Crippen molar-refractivity contribution in [2.24, 2.45) is 4.99 Å². The standard InChI is InChI=1S/C24H29N3O4S/c1-4-30-23(29)21-16(3)26-24-27(22(21)19-10-6-5-8-15(19)2)17(14-32-24)12-20(28)25-13-18-9-7-11-31-18/h5-6,8,10,14,18,22H,4,7,9,11-13H2,1-3H3,(H,25,28). The second-order valence-corrected chi connectivity index (χ2v) is 8.92. The number of nitrogens with zero attached hydrogens (tertiary/aromatic N) is 2. The van der Waals surface area contributed by atoms with Crippen molar-refractivity contribution in [1.29, 1.82) is 0 Å². The molecule has 3 aliphatic heterocycles. The number of hydrogen-bond donors (Lipinski definition) is 1. The molecule has 0 aliphatic carbocycles. The Morgan fingerprint density at radius 2 is 2.12 bits per heavy atom. The Balaban J connectivity index is 1.61. The number of aliphatic imine (C=N–C) groups is 1. The van der Waals surface area contributed by atoms with Gasteiger partial charge in [-0.15, -0.1) is 0 Å². The Morgan fingerprint density at radius 1 is 1.31 bits per heavy atom. The maximum atomic E-state index is 13.0. The van der Waals surface area contributed by atoms with Crippen LogP contribution in [0.3, 0.4) is 0 Å². The summed E-state index contributed by atoms with van der Waals surface area (Å²) in [5.74, 6) is -0.443. The van der Waals surface area contributed by atoms with E-state index in [2.05, 4.69) is 10.3 Å². The van der Waals surface area contributed by atoms with Crippen LogP contribution in [-0.2, 0) is 19.1 Å². The quantitative estimate of drug-likeness (QED) is 0.630. The summed E-state index contributed by atoms with van der Waals surface area (Å²) in [6, 6.07) is 7.60. The Hall–Kier alpha value is -2.58. The van der Waals surface area contributed by atoms with Crippen LogP contribution in [0.4, 0.5) is 0 Å². The van der Waals surface area contributed by atoms with E-state index in [1.165, 1.54) is 11.8 Å². The van der Waals surface area contributed by atoms with Crippen LogP contribution in [-0.4, -0.2) is 47.8 Å². The number of thioether (sulfide) groups is 1. The Kier molecular flexibility index (Phi) is 7.01. The molecule has 1 N–H and O–H groups in total. The van der Waals surface area contributed by atoms with Gasteiger partial charge in [0.1, 0.15) is 0 Å². The van der Waals surface area contributed by atoms with Crippen LogP contribution in [0.15, 0.2) is 51.6 Å². The highest BCUT2D eigenvalue weighted by Gasteiger charge is 2.41. The fraction of sp³-hybridized carbons (Fsp3) is 0.458. The van der Waals surface area contributed by atoms with Gasteiger partial charge in [0.05, 0.1) is 36.4 Å². The lowest BCUT2D eigenvalue weighted by atomic mass is 9.91. The molecular weight excluding hydrogens is 426 g/mol. The molecule has 1 fully saturated rings. The number of esters is 1. The molecule has 8 heteroatoms. The van der Waals surface area contributed by atoms with Crippen LogP contribution < -0.4 is 5.32 Å². The van der Waals surface area contributed by atoms with E-state index >= 15 is 0 Å². The van der Waals surface area contributed by atoms with Gasteiger partial charge in [0, 0.05) is 18.8 Å². The number of aryl methyl sites for hydroxylation is 1. The normalized spacial score (nSPS) is 22.4. The molecular formula is C24H29N3O4S. The summed E-state index contributed by atoms with van der Waals surface area (Å²) in [5, 5.41) is 5.72. The molecule has 3 aliphatic rings. The summed E-state index contributed by atoms with van der Waals surface area (Å²) >= 11 is 1.48. The number of nitrogens with one attached hydrogen (secondary N) is 1. The highest BCUT2D eigenvalue weighted by molar-refractivity contribution is 8.16. The lowest BCUT2D eigenvalue weighted by Gasteiger charge is -2.37. The molecule has 0 aromatic heterocycles. The van der Waals surface area contributed by atoms with Crippen molar-refractivity contribution >= 4 is 28.8 Å². The third-order valence-electron chi connectivity index (χ3n) is 5.87. The van der Waals surface area contributed by atoms with Crippen LogP contribution in [0.25, 0.3) is 0 Å². The number of allylic oxidation sites excluding steroid dienone is 1. The van der Waals surface area contributed by atoms with Crippen molar-refractivity contribution in [2.75, 3.05) is 19.8 Å². The van der Waals surface area contributed by atoms with E-state index in [1.54, 1.807) is 6.92 Å². The first-order chi connectivity index (χ1) is 15.5. The van der Waals surface area contributed by atoms with Gasteiger partial charge in [0.15, 0.2) is 5.17 Å². The molecule has 4 rings (SSSR count). The van der Waals surface area contributed by atoms with Crippen LogP contribution in [0, 0.1) is 6.92 Å². The topological polar surface area (TPSA) is 80.2 Å². The zero-order valence-electron chi connectivity index (χ0n) is 18.7. The monoisotopic (exact) mass is 455 g/mol. The predicted molar refractivity (Wildman–Crippen MR) is 125 cm³/mol. The van der Waals surface area contributed by atoms with Gasteiger partial charge in [0.25, 0.3) is 0 Å². The van der Waals surface area contributed by atoms with Gasteiger partial charge in [-0.25, -0.2) is 9.79 Å². The highest BCUT2D eigenvalue weighted by atomic mass is 32.2. The predicted octanol–water partition coefficient (Wildman–Crippen LogP) is 3.82. The molecule has 0 bridgehead atoms. The van der Waals surface area contributed by atoms with Crippen molar-refractivity contribution in [3.63, 3.8) is 0 Å². The minimum atomic E-state index is -0.394. The molecule has 1 aromatic carbocycles. The average molecular weight is 456 g/mol. The molecule has 2 unspecified atom stereocenters. The van der Waals surface area contributed by atoms with Gasteiger partial charge < -0.3 is 19.7 Å². The number of carbonyl (C=O) groups is 2. The number of carbonyl (C=O) groups excluding carboxylic acids is 2. The molecule has 3 heterocycles. The molecule has 0 saturated carbocycles. The second kappa shape index (κ2) is 9.92. The van der Waals surface area contributed by atoms with Gasteiger partial charge in [-0.05, 0) is 50.1 Å². The third kappa shape index (κ3) is 4.61. The van der Waals surface area contributed by atoms with Crippen molar-refractivity contribution < 1.29 is 19.1 Å². The molecule has 2 atom stereocenters. The summed E-state index contributed by atoms with van der Waals surface area (Å²) in [6.07, 6.45) is 2.31. The highest BCUT2D eigenvalue weighted by Crippen LogP contribution is 2.45. The molecule has 1 saturated heterocycles. The number of amidine groups is 1. The van der Waals surface area contributed by atoms with Crippen molar-refractivity contribution in [3.05, 3.63) is 57.8 Å². The molecule has 170 valence electrons. The summed E-state index contributed by atoms with van der Waals surface area (Å²) in [4.78, 5) is 32.4. The summed E-state index contributed by atoms with van der Waals surface area (Å²) in [7, 11) is 0. The smallest absolute Gasteiger partial charge is 0.338 e. The first-order valence-corrected chi connectivity index (χ1v) is 11.9. The fourth-order valence-corrected chi connectivity index (χ4v) is 5.25. The van der Waals surface area contributed by atoms with E-state index in [9.17, 15) is 9.59 Å². The first kappa shape index (κ1) is 22.6. The van der Waals surface area contributed by atoms with Crippen molar-refractivity contribution in [1.82, 2.24) is 10.2 Å². The van der Waals surface area contributed by atoms with Crippen LogP contribution in [0.1, 0.15) is 50.3 Å². The molecule has 0 spiro atoms. The van der Waals surface area contributed by atoms with Gasteiger partial charge in [-0.2, -0.15) is 0 Å². The lowest BCUT2D eigenvalue weighted by molar-refractivity contribution is -0.139. The zero-order valence-corrected chi connectivity index (χ0v) is 19.5. The Bertz CT molecular complexity index is 995. The van der Waals surface area contributed by atoms with Gasteiger partial charge in [-0.3, -0.25) is 4.79 Å². The molecule has 1 aromatic rings. The van der Waals surface area contributed by atoms with E-state index in [0.717, 1.165) is 41.4 Å². The molecule has 0 radical (unpaired) electrons. The third-order valence-corrected chi connectivity index (χ3v) is 6.76. The summed E-state index contributed by atoms with van der Waals surface area (Å²) in [6.45, 7) is 7.23. The van der Waals surface area contributed by atoms with Crippen molar-refractivity contribution in [2.45, 2.75) is 52.2 Å². The number of fused-ring (bicyclic) bond motifs is 1. The first-order valence-electron chi connectivity index (χ1n) is 11.0. The number of amides is 1. The zero-order chi connectivity index (χ0) is 22.7. The van der Waals surface area contributed by atoms with Crippen LogP contribution in [0.5, 0.6) is 0 Å². The Labute approximate surface area is 192 Å². The summed E-state index contributed by atoms with van der Waals surface area (Å²) < 4.78 is 11.0. The summed E-state index contributed by atoms with van der Waals surface area (Å²) in [5.41, 5.74) is 4.04. The van der Waals surface area contributed by atoms with E-state index in [0.29, 0.717) is 17.8 Å². The van der Waals surface area contributed by atoms with Crippen LogP contribution in [0.2, 0.25) is 0 Å². The number of ether oxygens (including phenoxy) is 2. The number of rotatable bonds is 7. The maximum absolute atomic E-state index is 13.0. The van der Waals surface area contributed by atoms with Gasteiger partial charge in [-0.1, -0.05) is 36.0 Å². The molecule has 32 heavy (non-hydrogen) atoms. The van der Waals surface area contributed by atoms with Gasteiger partial charge in [0.2, 0.25) is 5.91 Å². The second-order valence-electron chi connectivity index (χ2n) is 8.09. The lowest BCUT2D eigenvalue weighted by Crippen LogP contribution is -2.39. The molecule has 1 amide bonds. The minimum Gasteiger partial charge on any atom is -0.463 e. The van der Waals surface area contributed by atoms with E-state index in [1.807, 2.05) is 48.4 Å². The van der Waals surface area contributed by atoms with E-state index in [4.69, 9.17) is 9.47 Å². The number of hydrogen-bond acceptors (Lipinski definition) is 7. The number of benzene rings is 1. The Morgan fingerprint density at radius 3 is 2.84 bits per heavy atom. The molecule has 7 nitrogen and oxygen atoms in total. The maximum Gasteiger partial charge on any atom is 0.338 e. The van der Waals surface area contributed by atoms with Gasteiger partial charge >= 0.3 is 5.97 Å². The van der Waals surface area contributed by atoms with E-state index in [-0.39, 0.29) is 31.0 Å². The SMILES string of the molecule is CCOC(=O)C1=C(C)N=C2SC=C(CC(=O)NCC3CCCO3)N2C1c1ccccc1C. The van der Waals surface area contributed by atoms with Crippen molar-refractivity contribution in [3.8, 4) is 0 Å². The average Bonchev–Trinajstić information content (AvgIpc) is 3.42. The van der Waals surface area contributed by atoms with E-state index < -0.39 is 6.04 Å².